The fraction of sp³-hybridized carbons (Fsp3) is 0.412. The van der Waals surface area contributed by atoms with E-state index in [-0.39, 0.29) is 10.5 Å². The zero-order chi connectivity index (χ0) is 19.7. The predicted molar refractivity (Wildman–Crippen MR) is 98.5 cm³/mol. The molecule has 0 atom stereocenters. The number of hydrogen-bond acceptors (Lipinski definition) is 7. The van der Waals surface area contributed by atoms with Crippen LogP contribution in [-0.2, 0) is 19.6 Å². The van der Waals surface area contributed by atoms with Gasteiger partial charge in [-0.2, -0.15) is 13.7 Å². The second kappa shape index (κ2) is 10.0. The highest BCUT2D eigenvalue weighted by atomic mass is 32.2. The van der Waals surface area contributed by atoms with Crippen LogP contribution in [0.25, 0.3) is 0 Å². The normalized spacial score (nSPS) is 15.8. The maximum Gasteiger partial charge on any atom is 0.294 e. The molecule has 146 valence electrons. The number of nitriles is 1. The Morgan fingerprint density at radius 2 is 1.96 bits per heavy atom. The topological polar surface area (TPSA) is 132 Å². The van der Waals surface area contributed by atoms with Crippen LogP contribution < -0.4 is 10.6 Å². The van der Waals surface area contributed by atoms with Gasteiger partial charge >= 0.3 is 0 Å². The van der Waals surface area contributed by atoms with Gasteiger partial charge in [0.15, 0.2) is 0 Å². The van der Waals surface area contributed by atoms with Crippen LogP contribution in [0.2, 0.25) is 0 Å². The fourth-order valence-corrected chi connectivity index (χ4v) is 2.94. The monoisotopic (exact) mass is 394 g/mol. The van der Waals surface area contributed by atoms with Crippen LogP contribution in [0.5, 0.6) is 0 Å². The Kier molecular flexibility index (Phi) is 7.75. The Bertz CT molecular complexity index is 809. The number of morpholine rings is 1. The number of anilines is 1. The lowest BCUT2D eigenvalue weighted by Crippen LogP contribution is -2.37. The number of rotatable bonds is 8. The minimum Gasteiger partial charge on any atom is -0.390 e. The molecule has 1 aliphatic heterocycles. The number of carbonyl (C=O) groups excluding carboxylic acids is 1. The molecule has 27 heavy (non-hydrogen) atoms. The van der Waals surface area contributed by atoms with E-state index < -0.39 is 16.0 Å². The Hall–Kier alpha value is -2.45. The summed E-state index contributed by atoms with van der Waals surface area (Å²) in [5.41, 5.74) is 0.209. The molecule has 1 aliphatic rings. The molecule has 0 unspecified atom stereocenters. The van der Waals surface area contributed by atoms with Gasteiger partial charge < -0.3 is 15.4 Å². The quantitative estimate of drug-likeness (QED) is 0.253. The molecular weight excluding hydrogens is 372 g/mol. The molecule has 0 radical (unpaired) electrons. The molecule has 2 rings (SSSR count). The van der Waals surface area contributed by atoms with Crippen molar-refractivity contribution in [2.75, 3.05) is 44.7 Å². The average molecular weight is 394 g/mol. The van der Waals surface area contributed by atoms with E-state index in [0.29, 0.717) is 12.2 Å². The van der Waals surface area contributed by atoms with Crippen molar-refractivity contribution in [1.29, 1.82) is 5.26 Å². The van der Waals surface area contributed by atoms with E-state index >= 15 is 0 Å². The van der Waals surface area contributed by atoms with Crippen LogP contribution >= 0.6 is 0 Å². The molecule has 3 N–H and O–H groups in total. The second-order valence-corrected chi connectivity index (χ2v) is 7.31. The third-order valence-electron chi connectivity index (χ3n) is 3.92. The van der Waals surface area contributed by atoms with Gasteiger partial charge in [-0.3, -0.25) is 14.2 Å². The van der Waals surface area contributed by atoms with Crippen molar-refractivity contribution < 1.29 is 22.5 Å². The van der Waals surface area contributed by atoms with Crippen LogP contribution in [0.15, 0.2) is 40.9 Å². The number of amides is 1. The minimum absolute atomic E-state index is 0.0970. The summed E-state index contributed by atoms with van der Waals surface area (Å²) in [6.45, 7) is 4.86. The lowest BCUT2D eigenvalue weighted by Gasteiger charge is -2.26. The molecule has 1 aromatic carbocycles. The molecule has 1 saturated heterocycles. The molecule has 0 saturated carbocycles. The highest BCUT2D eigenvalue weighted by Crippen LogP contribution is 2.14. The SMILES string of the molecule is N#C/C(=C/NCCCN1CCOCC1)C(=O)Nc1ccc(S(=O)(=O)O)cc1. The first kappa shape index (κ1) is 20.9. The average Bonchev–Trinajstić information content (AvgIpc) is 2.65. The van der Waals surface area contributed by atoms with Crippen molar-refractivity contribution in [2.45, 2.75) is 11.3 Å². The van der Waals surface area contributed by atoms with Gasteiger partial charge in [0.1, 0.15) is 11.6 Å². The van der Waals surface area contributed by atoms with Crippen molar-refractivity contribution in [2.24, 2.45) is 0 Å². The summed E-state index contributed by atoms with van der Waals surface area (Å²) in [6.07, 6.45) is 2.23. The molecule has 1 amide bonds. The van der Waals surface area contributed by atoms with Gasteiger partial charge in [0.25, 0.3) is 16.0 Å². The van der Waals surface area contributed by atoms with Crippen LogP contribution in [0.3, 0.4) is 0 Å². The van der Waals surface area contributed by atoms with E-state index in [4.69, 9.17) is 14.6 Å². The maximum atomic E-state index is 12.1. The standard InChI is InChI=1S/C17H22N4O5S/c18-12-14(13-19-6-1-7-21-8-10-26-11-9-21)17(22)20-15-2-4-16(5-3-15)27(23,24)25/h2-5,13,19H,1,6-11H2,(H,20,22)(H,23,24,25)/b14-13-. The van der Waals surface area contributed by atoms with Gasteiger partial charge in [-0.25, -0.2) is 0 Å². The Balaban J connectivity index is 1.80. The predicted octanol–water partition coefficient (Wildman–Crippen LogP) is 0.591. The van der Waals surface area contributed by atoms with Crippen LogP contribution in [0, 0.1) is 11.3 Å². The van der Waals surface area contributed by atoms with Gasteiger partial charge in [0.05, 0.1) is 18.1 Å². The minimum atomic E-state index is -4.29. The van der Waals surface area contributed by atoms with Crippen molar-refractivity contribution in [3.8, 4) is 6.07 Å². The zero-order valence-electron chi connectivity index (χ0n) is 14.7. The van der Waals surface area contributed by atoms with E-state index in [1.54, 1.807) is 0 Å². The van der Waals surface area contributed by atoms with Crippen LogP contribution in [0.4, 0.5) is 5.69 Å². The fourth-order valence-electron chi connectivity index (χ4n) is 2.46. The van der Waals surface area contributed by atoms with Gasteiger partial charge in [-0.05, 0) is 37.2 Å². The number of nitrogens with one attached hydrogen (secondary N) is 2. The molecule has 0 aromatic heterocycles. The molecular formula is C17H22N4O5S. The van der Waals surface area contributed by atoms with Gasteiger partial charge in [-0.1, -0.05) is 0 Å². The number of hydrogen-bond donors (Lipinski definition) is 3. The molecule has 9 nitrogen and oxygen atoms in total. The van der Waals surface area contributed by atoms with Gasteiger partial charge in [-0.15, -0.1) is 0 Å². The largest absolute Gasteiger partial charge is 0.390 e. The molecule has 10 heteroatoms. The highest BCUT2D eigenvalue weighted by Gasteiger charge is 2.12. The molecule has 0 spiro atoms. The maximum absolute atomic E-state index is 12.1. The van der Waals surface area contributed by atoms with Crippen LogP contribution in [0.1, 0.15) is 6.42 Å². The Labute approximate surface area is 158 Å². The Morgan fingerprint density at radius 3 is 2.56 bits per heavy atom. The van der Waals surface area contributed by atoms with Crippen molar-refractivity contribution in [3.05, 3.63) is 36.0 Å². The summed E-state index contributed by atoms with van der Waals surface area (Å²) >= 11 is 0. The summed E-state index contributed by atoms with van der Waals surface area (Å²) in [4.78, 5) is 14.1. The van der Waals surface area contributed by atoms with E-state index in [1.165, 1.54) is 18.3 Å². The first-order valence-corrected chi connectivity index (χ1v) is 9.87. The third kappa shape index (κ3) is 6.99. The first-order valence-electron chi connectivity index (χ1n) is 8.43. The Morgan fingerprint density at radius 1 is 1.30 bits per heavy atom. The molecule has 0 bridgehead atoms. The lowest BCUT2D eigenvalue weighted by molar-refractivity contribution is -0.112. The number of nitrogens with zero attached hydrogens (tertiary/aromatic N) is 2. The number of benzene rings is 1. The smallest absolute Gasteiger partial charge is 0.294 e. The summed E-state index contributed by atoms with van der Waals surface area (Å²) in [5.74, 6) is -0.613. The first-order chi connectivity index (χ1) is 12.9. The molecule has 1 fully saturated rings. The number of carbonyl (C=O) groups is 1. The van der Waals surface area contributed by atoms with Crippen molar-refractivity contribution in [3.63, 3.8) is 0 Å². The van der Waals surface area contributed by atoms with E-state index in [0.717, 1.165) is 51.4 Å². The van der Waals surface area contributed by atoms with E-state index in [1.807, 2.05) is 6.07 Å². The van der Waals surface area contributed by atoms with Crippen molar-refractivity contribution in [1.82, 2.24) is 10.2 Å². The van der Waals surface area contributed by atoms with E-state index in [9.17, 15) is 13.2 Å². The zero-order valence-corrected chi connectivity index (χ0v) is 15.5. The van der Waals surface area contributed by atoms with Gasteiger partial charge in [0, 0.05) is 31.5 Å². The number of ether oxygens (including phenoxy) is 1. The summed E-state index contributed by atoms with van der Waals surface area (Å²) in [5, 5.41) is 14.6. The molecule has 1 aromatic rings. The molecule has 1 heterocycles. The highest BCUT2D eigenvalue weighted by molar-refractivity contribution is 7.85. The van der Waals surface area contributed by atoms with Gasteiger partial charge in [0.2, 0.25) is 0 Å². The summed E-state index contributed by atoms with van der Waals surface area (Å²) < 4.78 is 36.2. The lowest BCUT2D eigenvalue weighted by atomic mass is 10.2. The summed E-state index contributed by atoms with van der Waals surface area (Å²) in [6, 6.07) is 6.79. The second-order valence-electron chi connectivity index (χ2n) is 5.89. The third-order valence-corrected chi connectivity index (χ3v) is 4.79. The van der Waals surface area contributed by atoms with E-state index in [2.05, 4.69) is 15.5 Å². The van der Waals surface area contributed by atoms with Crippen LogP contribution in [-0.4, -0.2) is 63.2 Å². The van der Waals surface area contributed by atoms with Crippen molar-refractivity contribution >= 4 is 21.7 Å². The summed E-state index contributed by atoms with van der Waals surface area (Å²) in [7, 11) is -4.29. The molecule has 0 aliphatic carbocycles.